The third-order valence-electron chi connectivity index (χ3n) is 4.38. The van der Waals surface area contributed by atoms with E-state index in [1.807, 2.05) is 12.2 Å². The molecule has 1 rings (SSSR count). The summed E-state index contributed by atoms with van der Waals surface area (Å²) in [5.74, 6) is 0.516. The van der Waals surface area contributed by atoms with Gasteiger partial charge in [-0.25, -0.2) is 4.79 Å². The Bertz CT molecular complexity index is 755. The summed E-state index contributed by atoms with van der Waals surface area (Å²) in [6, 6.07) is 2.12. The summed E-state index contributed by atoms with van der Waals surface area (Å²) in [5, 5.41) is 8.83. The second-order valence-electron chi connectivity index (χ2n) is 7.76. The van der Waals surface area contributed by atoms with E-state index in [0.29, 0.717) is 18.1 Å². The number of aromatic nitrogens is 1. The van der Waals surface area contributed by atoms with Gasteiger partial charge in [-0.1, -0.05) is 59.3 Å². The SMILES string of the molecule is CCCCOc1c(C(C)=CC=CC(C)=CC(=O)O)cc(C(C)C)nc1C(C)C. The van der Waals surface area contributed by atoms with Crippen LogP contribution in [0.1, 0.15) is 90.1 Å². The molecular weight excluding hydrogens is 350 g/mol. The topological polar surface area (TPSA) is 59.4 Å². The summed E-state index contributed by atoms with van der Waals surface area (Å²) in [5.41, 5.74) is 4.87. The van der Waals surface area contributed by atoms with Crippen molar-refractivity contribution in [3.05, 3.63) is 52.9 Å². The first-order chi connectivity index (χ1) is 13.2. The van der Waals surface area contributed by atoms with Gasteiger partial charge in [0.2, 0.25) is 0 Å². The third-order valence-corrected chi connectivity index (χ3v) is 4.38. The highest BCUT2D eigenvalue weighted by molar-refractivity contribution is 5.81. The summed E-state index contributed by atoms with van der Waals surface area (Å²) in [7, 11) is 0. The predicted molar refractivity (Wildman–Crippen MR) is 117 cm³/mol. The second-order valence-corrected chi connectivity index (χ2v) is 7.76. The molecule has 154 valence electrons. The Morgan fingerprint density at radius 1 is 1.21 bits per heavy atom. The van der Waals surface area contributed by atoms with Crippen LogP contribution in [0.15, 0.2) is 35.9 Å². The predicted octanol–water partition coefficient (Wildman–Crippen LogP) is 6.50. The van der Waals surface area contributed by atoms with Gasteiger partial charge in [0, 0.05) is 17.3 Å². The molecule has 0 bridgehead atoms. The van der Waals surface area contributed by atoms with Crippen molar-refractivity contribution in [2.75, 3.05) is 6.61 Å². The highest BCUT2D eigenvalue weighted by atomic mass is 16.5. The van der Waals surface area contributed by atoms with E-state index in [2.05, 4.69) is 47.6 Å². The van der Waals surface area contributed by atoms with E-state index in [0.717, 1.165) is 41.1 Å². The molecule has 0 saturated carbocycles. The fourth-order valence-electron chi connectivity index (χ4n) is 2.70. The lowest BCUT2D eigenvalue weighted by atomic mass is 9.97. The minimum absolute atomic E-state index is 0.262. The first-order valence-corrected chi connectivity index (χ1v) is 10.1. The summed E-state index contributed by atoms with van der Waals surface area (Å²) < 4.78 is 6.19. The van der Waals surface area contributed by atoms with E-state index in [1.54, 1.807) is 13.0 Å². The number of carbonyl (C=O) groups is 1. The van der Waals surface area contributed by atoms with Crippen LogP contribution >= 0.6 is 0 Å². The number of hydrogen-bond acceptors (Lipinski definition) is 3. The van der Waals surface area contributed by atoms with E-state index < -0.39 is 5.97 Å². The van der Waals surface area contributed by atoms with Crippen LogP contribution in [0.4, 0.5) is 0 Å². The standard InChI is InChI=1S/C24H35NO3/c1-8-9-13-28-24-20(15-21(16(2)3)25-23(24)17(4)5)19(7)12-10-11-18(6)14-22(26)27/h10-12,14-17H,8-9,13H2,1-7H3,(H,26,27). The lowest BCUT2D eigenvalue weighted by Gasteiger charge is -2.20. The molecule has 1 aromatic heterocycles. The number of nitrogens with zero attached hydrogens (tertiary/aromatic N) is 1. The maximum absolute atomic E-state index is 10.8. The van der Waals surface area contributed by atoms with Gasteiger partial charge in [0.15, 0.2) is 0 Å². The minimum atomic E-state index is -0.938. The number of hydrogen-bond donors (Lipinski definition) is 1. The van der Waals surface area contributed by atoms with Crippen LogP contribution in [0.5, 0.6) is 5.75 Å². The highest BCUT2D eigenvalue weighted by Gasteiger charge is 2.19. The molecule has 4 nitrogen and oxygen atoms in total. The Morgan fingerprint density at radius 2 is 1.89 bits per heavy atom. The fraction of sp³-hybridized carbons (Fsp3) is 0.500. The lowest BCUT2D eigenvalue weighted by molar-refractivity contribution is -0.131. The van der Waals surface area contributed by atoms with Gasteiger partial charge >= 0.3 is 5.97 Å². The number of carboxylic acid groups (broad SMARTS) is 1. The van der Waals surface area contributed by atoms with Gasteiger partial charge in [-0.15, -0.1) is 0 Å². The smallest absolute Gasteiger partial charge is 0.328 e. The molecule has 0 aliphatic heterocycles. The molecule has 0 aliphatic rings. The Labute approximate surface area is 170 Å². The van der Waals surface area contributed by atoms with E-state index in [-0.39, 0.29) is 5.92 Å². The molecule has 1 heterocycles. The van der Waals surface area contributed by atoms with Crippen molar-refractivity contribution in [2.45, 2.75) is 73.1 Å². The molecule has 0 amide bonds. The molecule has 4 heteroatoms. The normalized spacial score (nSPS) is 13.0. The van der Waals surface area contributed by atoms with Gasteiger partial charge in [-0.2, -0.15) is 0 Å². The van der Waals surface area contributed by atoms with Crippen LogP contribution < -0.4 is 4.74 Å². The molecule has 1 aromatic rings. The van der Waals surface area contributed by atoms with Crippen LogP contribution in [0.3, 0.4) is 0 Å². The second kappa shape index (κ2) is 11.5. The zero-order valence-electron chi connectivity index (χ0n) is 18.4. The lowest BCUT2D eigenvalue weighted by Crippen LogP contribution is -2.09. The van der Waals surface area contributed by atoms with Crippen molar-refractivity contribution in [1.82, 2.24) is 4.98 Å². The molecule has 28 heavy (non-hydrogen) atoms. The maximum Gasteiger partial charge on any atom is 0.328 e. The number of pyridine rings is 1. The summed E-state index contributed by atoms with van der Waals surface area (Å²) in [4.78, 5) is 15.6. The molecule has 0 atom stereocenters. The highest BCUT2D eigenvalue weighted by Crippen LogP contribution is 2.35. The quantitative estimate of drug-likeness (QED) is 0.284. The monoisotopic (exact) mass is 385 g/mol. The first-order valence-electron chi connectivity index (χ1n) is 10.1. The van der Waals surface area contributed by atoms with Crippen LogP contribution in [-0.2, 0) is 4.79 Å². The number of allylic oxidation sites excluding steroid dienone is 5. The van der Waals surface area contributed by atoms with Crippen LogP contribution in [-0.4, -0.2) is 22.7 Å². The van der Waals surface area contributed by atoms with Gasteiger partial charge in [-0.3, -0.25) is 4.98 Å². The van der Waals surface area contributed by atoms with E-state index in [9.17, 15) is 4.79 Å². The fourth-order valence-corrected chi connectivity index (χ4v) is 2.70. The Hall–Kier alpha value is -2.36. The van der Waals surface area contributed by atoms with Gasteiger partial charge in [0.05, 0.1) is 12.3 Å². The van der Waals surface area contributed by atoms with Gasteiger partial charge in [0.1, 0.15) is 5.75 Å². The van der Waals surface area contributed by atoms with Crippen molar-refractivity contribution in [2.24, 2.45) is 0 Å². The van der Waals surface area contributed by atoms with Crippen molar-refractivity contribution in [3.63, 3.8) is 0 Å². The maximum atomic E-state index is 10.8. The van der Waals surface area contributed by atoms with Crippen LogP contribution in [0.25, 0.3) is 5.57 Å². The van der Waals surface area contributed by atoms with E-state index >= 15 is 0 Å². The zero-order valence-corrected chi connectivity index (χ0v) is 18.4. The van der Waals surface area contributed by atoms with Crippen molar-refractivity contribution in [3.8, 4) is 5.75 Å². The average molecular weight is 386 g/mol. The van der Waals surface area contributed by atoms with Gasteiger partial charge in [0.25, 0.3) is 0 Å². The average Bonchev–Trinajstić information content (AvgIpc) is 2.60. The summed E-state index contributed by atoms with van der Waals surface area (Å²) >= 11 is 0. The zero-order chi connectivity index (χ0) is 21.3. The number of ether oxygens (including phenoxy) is 1. The summed E-state index contributed by atoms with van der Waals surface area (Å²) in [6.45, 7) is 15.2. The van der Waals surface area contributed by atoms with E-state index in [4.69, 9.17) is 14.8 Å². The van der Waals surface area contributed by atoms with Crippen LogP contribution in [0, 0.1) is 0 Å². The largest absolute Gasteiger partial charge is 0.491 e. The molecule has 0 saturated heterocycles. The van der Waals surface area contributed by atoms with Crippen molar-refractivity contribution in [1.29, 1.82) is 0 Å². The number of aliphatic carboxylic acids is 1. The van der Waals surface area contributed by atoms with Crippen molar-refractivity contribution < 1.29 is 14.6 Å². The molecule has 0 spiro atoms. The third kappa shape index (κ3) is 7.34. The van der Waals surface area contributed by atoms with Gasteiger partial charge < -0.3 is 9.84 Å². The Kier molecular flexibility index (Phi) is 9.70. The first kappa shape index (κ1) is 23.7. The molecule has 0 radical (unpaired) electrons. The minimum Gasteiger partial charge on any atom is -0.491 e. The molecule has 0 aliphatic carbocycles. The molecule has 0 fully saturated rings. The van der Waals surface area contributed by atoms with Crippen molar-refractivity contribution >= 4 is 11.5 Å². The van der Waals surface area contributed by atoms with E-state index in [1.165, 1.54) is 6.08 Å². The Balaban J connectivity index is 3.40. The summed E-state index contributed by atoms with van der Waals surface area (Å²) in [6.07, 6.45) is 8.95. The number of carboxylic acids is 1. The Morgan fingerprint density at radius 3 is 2.43 bits per heavy atom. The molecule has 0 unspecified atom stereocenters. The molecule has 1 N–H and O–H groups in total. The van der Waals surface area contributed by atoms with Gasteiger partial charge in [-0.05, 0) is 49.3 Å². The molecular formula is C24H35NO3. The number of rotatable bonds is 10. The van der Waals surface area contributed by atoms with Crippen LogP contribution in [0.2, 0.25) is 0 Å². The number of unbranched alkanes of at least 4 members (excludes halogenated alkanes) is 1. The molecule has 0 aromatic carbocycles.